The van der Waals surface area contributed by atoms with Crippen molar-refractivity contribution in [1.29, 1.82) is 0 Å². The first kappa shape index (κ1) is 20.5. The van der Waals surface area contributed by atoms with Crippen LogP contribution < -0.4 is 25.4 Å². The summed E-state index contributed by atoms with van der Waals surface area (Å²) in [4.78, 5) is 25.2. The zero-order chi connectivity index (χ0) is 20.7. The van der Waals surface area contributed by atoms with E-state index in [0.717, 1.165) is 37.1 Å². The Bertz CT molecular complexity index is 828. The van der Waals surface area contributed by atoms with Gasteiger partial charge in [0.05, 0.1) is 20.8 Å². The summed E-state index contributed by atoms with van der Waals surface area (Å²) < 4.78 is 10.3. The molecule has 1 aliphatic rings. The Morgan fingerprint density at radius 1 is 0.862 bits per heavy atom. The Morgan fingerprint density at radius 2 is 1.38 bits per heavy atom. The molecule has 3 N–H and O–H groups in total. The van der Waals surface area contributed by atoms with Crippen molar-refractivity contribution in [3.63, 3.8) is 0 Å². The second kappa shape index (κ2) is 9.32. The van der Waals surface area contributed by atoms with Gasteiger partial charge in [0.1, 0.15) is 17.0 Å². The highest BCUT2D eigenvalue weighted by Gasteiger charge is 2.41. The Labute approximate surface area is 170 Å². The van der Waals surface area contributed by atoms with Gasteiger partial charge in [0.2, 0.25) is 11.8 Å². The third-order valence-electron chi connectivity index (χ3n) is 5.15. The Balaban J connectivity index is 1.57. The fraction of sp³-hybridized carbons (Fsp3) is 0.364. The van der Waals surface area contributed by atoms with Crippen LogP contribution in [0.25, 0.3) is 0 Å². The molecule has 0 aromatic heterocycles. The maximum Gasteiger partial charge on any atom is 0.246 e. The molecule has 0 unspecified atom stereocenters. The Kier molecular flexibility index (Phi) is 6.59. The average molecular weight is 397 g/mol. The van der Waals surface area contributed by atoms with Crippen molar-refractivity contribution in [2.75, 3.05) is 31.4 Å². The van der Waals surface area contributed by atoms with Gasteiger partial charge in [-0.25, -0.2) is 0 Å². The molecule has 0 atom stereocenters. The summed E-state index contributed by atoms with van der Waals surface area (Å²) in [5.41, 5.74) is 0.803. The second-order valence-corrected chi connectivity index (χ2v) is 7.10. The van der Waals surface area contributed by atoms with Crippen LogP contribution in [-0.2, 0) is 9.59 Å². The molecule has 0 saturated heterocycles. The number of benzene rings is 2. The van der Waals surface area contributed by atoms with Gasteiger partial charge in [0, 0.05) is 11.4 Å². The van der Waals surface area contributed by atoms with Gasteiger partial charge < -0.3 is 25.4 Å². The van der Waals surface area contributed by atoms with Crippen molar-refractivity contribution >= 4 is 23.2 Å². The van der Waals surface area contributed by atoms with Crippen LogP contribution in [-0.4, -0.2) is 38.1 Å². The molecule has 154 valence electrons. The van der Waals surface area contributed by atoms with Crippen molar-refractivity contribution in [2.45, 2.75) is 31.2 Å². The number of methoxy groups -OCH3 is 2. The highest BCUT2D eigenvalue weighted by atomic mass is 16.5. The largest absolute Gasteiger partial charge is 0.497 e. The van der Waals surface area contributed by atoms with Crippen LogP contribution in [0.1, 0.15) is 25.7 Å². The zero-order valence-electron chi connectivity index (χ0n) is 16.8. The van der Waals surface area contributed by atoms with Crippen molar-refractivity contribution in [2.24, 2.45) is 0 Å². The van der Waals surface area contributed by atoms with E-state index >= 15 is 0 Å². The summed E-state index contributed by atoms with van der Waals surface area (Å²) in [5.74, 6) is 1.04. The predicted octanol–water partition coefficient (Wildman–Crippen LogP) is 3.18. The van der Waals surface area contributed by atoms with Crippen LogP contribution in [0.5, 0.6) is 11.5 Å². The molecule has 0 bridgehead atoms. The van der Waals surface area contributed by atoms with E-state index in [1.54, 1.807) is 38.5 Å². The SMILES string of the molecule is COc1ccc(NC(=O)CNC(=O)C2(Nc3ccc(OC)cc3)CCCC2)cc1. The lowest BCUT2D eigenvalue weighted by Crippen LogP contribution is -2.52. The van der Waals surface area contributed by atoms with Gasteiger partial charge in [-0.05, 0) is 61.4 Å². The van der Waals surface area contributed by atoms with Gasteiger partial charge in [-0.15, -0.1) is 0 Å². The molecule has 2 aromatic rings. The lowest BCUT2D eigenvalue weighted by Gasteiger charge is -2.30. The molecule has 0 spiro atoms. The summed E-state index contributed by atoms with van der Waals surface area (Å²) in [7, 11) is 3.20. The van der Waals surface area contributed by atoms with Crippen LogP contribution in [0.2, 0.25) is 0 Å². The van der Waals surface area contributed by atoms with E-state index in [9.17, 15) is 9.59 Å². The summed E-state index contributed by atoms with van der Waals surface area (Å²) in [6.45, 7) is -0.0864. The van der Waals surface area contributed by atoms with Crippen molar-refractivity contribution in [3.8, 4) is 11.5 Å². The number of ether oxygens (including phenoxy) is 2. The average Bonchev–Trinajstić information content (AvgIpc) is 3.23. The predicted molar refractivity (Wildman–Crippen MR) is 112 cm³/mol. The molecule has 1 fully saturated rings. The third-order valence-corrected chi connectivity index (χ3v) is 5.15. The minimum atomic E-state index is -0.699. The van der Waals surface area contributed by atoms with E-state index in [2.05, 4.69) is 16.0 Å². The molecule has 1 aliphatic carbocycles. The lowest BCUT2D eigenvalue weighted by atomic mass is 9.95. The van der Waals surface area contributed by atoms with Crippen LogP contribution in [0.15, 0.2) is 48.5 Å². The normalized spacial score (nSPS) is 14.7. The minimum absolute atomic E-state index is 0.0864. The van der Waals surface area contributed by atoms with Crippen molar-refractivity contribution in [1.82, 2.24) is 5.32 Å². The third kappa shape index (κ3) is 5.19. The number of amides is 2. The topological polar surface area (TPSA) is 88.7 Å². The molecule has 2 aromatic carbocycles. The van der Waals surface area contributed by atoms with Gasteiger partial charge in [-0.3, -0.25) is 9.59 Å². The molecule has 3 rings (SSSR count). The number of hydrogen-bond acceptors (Lipinski definition) is 5. The first-order chi connectivity index (χ1) is 14.0. The summed E-state index contributed by atoms with van der Waals surface area (Å²) in [6, 6.07) is 14.5. The van der Waals surface area contributed by atoms with Crippen LogP contribution in [0.4, 0.5) is 11.4 Å². The number of anilines is 2. The van der Waals surface area contributed by atoms with Gasteiger partial charge in [0.25, 0.3) is 0 Å². The van der Waals surface area contributed by atoms with E-state index in [0.29, 0.717) is 11.4 Å². The van der Waals surface area contributed by atoms with E-state index in [1.165, 1.54) is 0 Å². The first-order valence-corrected chi connectivity index (χ1v) is 9.69. The van der Waals surface area contributed by atoms with E-state index in [-0.39, 0.29) is 18.4 Å². The highest BCUT2D eigenvalue weighted by molar-refractivity contribution is 5.97. The molecule has 7 nitrogen and oxygen atoms in total. The quantitative estimate of drug-likeness (QED) is 0.637. The Hall–Kier alpha value is -3.22. The number of carbonyl (C=O) groups excluding carboxylic acids is 2. The van der Waals surface area contributed by atoms with Gasteiger partial charge in [0.15, 0.2) is 0 Å². The van der Waals surface area contributed by atoms with Crippen molar-refractivity contribution < 1.29 is 19.1 Å². The molecule has 0 radical (unpaired) electrons. The molecular formula is C22H27N3O4. The molecule has 0 heterocycles. The van der Waals surface area contributed by atoms with Gasteiger partial charge in [-0.2, -0.15) is 0 Å². The number of carbonyl (C=O) groups is 2. The molecule has 7 heteroatoms. The summed E-state index contributed by atoms with van der Waals surface area (Å²) >= 11 is 0. The smallest absolute Gasteiger partial charge is 0.246 e. The number of nitrogens with one attached hydrogen (secondary N) is 3. The monoisotopic (exact) mass is 397 g/mol. The van der Waals surface area contributed by atoms with Gasteiger partial charge in [-0.1, -0.05) is 12.8 Å². The zero-order valence-corrected chi connectivity index (χ0v) is 16.8. The maximum absolute atomic E-state index is 12.9. The standard InChI is InChI=1S/C22H27N3O4/c1-28-18-9-5-16(6-10-18)24-20(26)15-23-21(27)22(13-3-4-14-22)25-17-7-11-19(29-2)12-8-17/h5-12,25H,3-4,13-15H2,1-2H3,(H,23,27)(H,24,26). The molecule has 29 heavy (non-hydrogen) atoms. The molecular weight excluding hydrogens is 370 g/mol. The molecule has 2 amide bonds. The van der Waals surface area contributed by atoms with E-state index < -0.39 is 5.54 Å². The second-order valence-electron chi connectivity index (χ2n) is 7.10. The fourth-order valence-electron chi connectivity index (χ4n) is 3.55. The van der Waals surface area contributed by atoms with Crippen LogP contribution in [0, 0.1) is 0 Å². The van der Waals surface area contributed by atoms with E-state index in [4.69, 9.17) is 9.47 Å². The maximum atomic E-state index is 12.9. The first-order valence-electron chi connectivity index (χ1n) is 9.69. The number of hydrogen-bond donors (Lipinski definition) is 3. The molecule has 1 saturated carbocycles. The summed E-state index contributed by atoms with van der Waals surface area (Å²) in [5, 5.41) is 8.94. The highest BCUT2D eigenvalue weighted by Crippen LogP contribution is 2.34. The lowest BCUT2D eigenvalue weighted by molar-refractivity contribution is -0.127. The van der Waals surface area contributed by atoms with Crippen molar-refractivity contribution in [3.05, 3.63) is 48.5 Å². The summed E-state index contributed by atoms with van der Waals surface area (Å²) in [6.07, 6.45) is 3.39. The minimum Gasteiger partial charge on any atom is -0.497 e. The van der Waals surface area contributed by atoms with Crippen LogP contribution in [0.3, 0.4) is 0 Å². The van der Waals surface area contributed by atoms with E-state index in [1.807, 2.05) is 24.3 Å². The Morgan fingerprint density at radius 3 is 1.90 bits per heavy atom. The van der Waals surface area contributed by atoms with Crippen LogP contribution >= 0.6 is 0 Å². The van der Waals surface area contributed by atoms with Gasteiger partial charge >= 0.3 is 0 Å². The number of rotatable bonds is 8. The fourth-order valence-corrected chi connectivity index (χ4v) is 3.55. The molecule has 0 aliphatic heterocycles.